The average molecular weight is 250 g/mol. The van der Waals surface area contributed by atoms with Crippen molar-refractivity contribution in [2.24, 2.45) is 5.92 Å². The first-order chi connectivity index (χ1) is 8.74. The maximum atomic E-state index is 9.70. The molecule has 1 aromatic heterocycles. The van der Waals surface area contributed by atoms with Gasteiger partial charge in [-0.25, -0.2) is 0 Å². The number of aromatic nitrogens is 1. The van der Waals surface area contributed by atoms with Crippen LogP contribution in [0.4, 0.5) is 5.69 Å². The molecule has 1 aliphatic rings. The topological polar surface area (TPSA) is 56.6 Å². The van der Waals surface area contributed by atoms with Gasteiger partial charge in [-0.15, -0.1) is 0 Å². The van der Waals surface area contributed by atoms with Gasteiger partial charge in [0.2, 0.25) is 0 Å². The van der Waals surface area contributed by atoms with E-state index in [2.05, 4.69) is 9.88 Å². The minimum absolute atomic E-state index is 0.260. The fourth-order valence-electron chi connectivity index (χ4n) is 2.44. The van der Waals surface area contributed by atoms with Gasteiger partial charge < -0.3 is 15.1 Å². The number of aliphatic hydroxyl groups excluding tert-OH is 2. The molecule has 1 fully saturated rings. The molecule has 1 aromatic rings. The lowest BCUT2D eigenvalue weighted by Crippen LogP contribution is -2.36. The molecule has 0 aliphatic carbocycles. The zero-order valence-electron chi connectivity index (χ0n) is 10.9. The van der Waals surface area contributed by atoms with Crippen LogP contribution in [0, 0.1) is 5.92 Å². The smallest absolute Gasteiger partial charge is 0.0957 e. The molecule has 18 heavy (non-hydrogen) atoms. The standard InChI is InChI=1S/C14H22N2O2/c1-2-14(18)13-6-5-12(8-15-13)16-7-3-4-11(9-16)10-17/h5-6,8,11,14,17-18H,2-4,7,9-10H2,1H3/t11?,14-/m1/s1. The molecule has 2 atom stereocenters. The van der Waals surface area contributed by atoms with E-state index in [4.69, 9.17) is 0 Å². The maximum Gasteiger partial charge on any atom is 0.0957 e. The summed E-state index contributed by atoms with van der Waals surface area (Å²) in [5.74, 6) is 0.375. The van der Waals surface area contributed by atoms with Crippen LogP contribution < -0.4 is 4.90 Å². The molecule has 100 valence electrons. The maximum absolute atomic E-state index is 9.70. The third-order valence-electron chi connectivity index (χ3n) is 3.64. The first-order valence-corrected chi connectivity index (χ1v) is 6.74. The Morgan fingerprint density at radius 2 is 2.33 bits per heavy atom. The molecule has 0 amide bonds. The van der Waals surface area contributed by atoms with E-state index >= 15 is 0 Å². The molecule has 1 saturated heterocycles. The number of piperidine rings is 1. The van der Waals surface area contributed by atoms with Gasteiger partial charge in [0.05, 0.1) is 23.7 Å². The van der Waals surface area contributed by atoms with E-state index in [0.29, 0.717) is 12.3 Å². The summed E-state index contributed by atoms with van der Waals surface area (Å²) in [5.41, 5.74) is 1.82. The minimum atomic E-state index is -0.467. The van der Waals surface area contributed by atoms with Gasteiger partial charge in [0.1, 0.15) is 0 Å². The Labute approximate surface area is 108 Å². The third kappa shape index (κ3) is 3.00. The predicted octanol–water partition coefficient (Wildman–Crippen LogP) is 1.73. The lowest BCUT2D eigenvalue weighted by molar-refractivity contribution is 0.169. The van der Waals surface area contributed by atoms with E-state index in [9.17, 15) is 10.2 Å². The Hall–Kier alpha value is -1.13. The number of hydrogen-bond donors (Lipinski definition) is 2. The lowest BCUT2D eigenvalue weighted by atomic mass is 9.99. The number of aliphatic hydroxyl groups is 2. The van der Waals surface area contributed by atoms with E-state index in [-0.39, 0.29) is 6.61 Å². The molecule has 1 aliphatic heterocycles. The van der Waals surface area contributed by atoms with Crippen molar-refractivity contribution in [2.45, 2.75) is 32.3 Å². The summed E-state index contributed by atoms with van der Waals surface area (Å²) in [6.07, 6.45) is 4.26. The van der Waals surface area contributed by atoms with Crippen LogP contribution in [-0.2, 0) is 0 Å². The number of hydrogen-bond acceptors (Lipinski definition) is 4. The quantitative estimate of drug-likeness (QED) is 0.854. The van der Waals surface area contributed by atoms with E-state index in [1.807, 2.05) is 25.3 Å². The second-order valence-electron chi connectivity index (χ2n) is 5.00. The lowest BCUT2D eigenvalue weighted by Gasteiger charge is -2.33. The van der Waals surface area contributed by atoms with Crippen LogP contribution in [0.25, 0.3) is 0 Å². The normalized spacial score (nSPS) is 21.9. The van der Waals surface area contributed by atoms with Gasteiger partial charge >= 0.3 is 0 Å². The van der Waals surface area contributed by atoms with Gasteiger partial charge in [-0.2, -0.15) is 0 Å². The van der Waals surface area contributed by atoms with Crippen LogP contribution in [0.5, 0.6) is 0 Å². The number of pyridine rings is 1. The summed E-state index contributed by atoms with van der Waals surface area (Å²) in [7, 11) is 0. The minimum Gasteiger partial charge on any atom is -0.396 e. The highest BCUT2D eigenvalue weighted by Gasteiger charge is 2.19. The molecule has 0 bridgehead atoms. The van der Waals surface area contributed by atoms with Gasteiger partial charge in [0, 0.05) is 19.7 Å². The summed E-state index contributed by atoms with van der Waals surface area (Å²) in [5, 5.41) is 18.9. The Bertz CT molecular complexity index is 367. The van der Waals surface area contributed by atoms with Crippen molar-refractivity contribution >= 4 is 5.69 Å². The Morgan fingerprint density at radius 1 is 1.50 bits per heavy atom. The van der Waals surface area contributed by atoms with E-state index in [1.165, 1.54) is 0 Å². The van der Waals surface area contributed by atoms with Crippen LogP contribution >= 0.6 is 0 Å². The predicted molar refractivity (Wildman–Crippen MR) is 71.5 cm³/mol. The highest BCUT2D eigenvalue weighted by atomic mass is 16.3. The van der Waals surface area contributed by atoms with Gasteiger partial charge in [-0.1, -0.05) is 6.92 Å². The van der Waals surface area contributed by atoms with E-state index < -0.39 is 6.10 Å². The molecule has 0 aromatic carbocycles. The molecule has 4 nitrogen and oxygen atoms in total. The summed E-state index contributed by atoms with van der Waals surface area (Å²) < 4.78 is 0. The van der Waals surface area contributed by atoms with Gasteiger partial charge in [-0.05, 0) is 37.3 Å². The molecule has 0 radical (unpaired) electrons. The Morgan fingerprint density at radius 3 is 2.94 bits per heavy atom. The zero-order valence-corrected chi connectivity index (χ0v) is 10.9. The van der Waals surface area contributed by atoms with Crippen molar-refractivity contribution in [3.8, 4) is 0 Å². The second-order valence-corrected chi connectivity index (χ2v) is 5.00. The van der Waals surface area contributed by atoms with Crippen LogP contribution in [0.1, 0.15) is 38.0 Å². The van der Waals surface area contributed by atoms with E-state index in [1.54, 1.807) is 0 Å². The summed E-state index contributed by atoms with van der Waals surface area (Å²) in [6.45, 7) is 4.12. The molecule has 2 N–H and O–H groups in total. The third-order valence-corrected chi connectivity index (χ3v) is 3.64. The second kappa shape index (κ2) is 6.16. The Balaban J connectivity index is 2.04. The first kappa shape index (κ1) is 13.3. The summed E-state index contributed by atoms with van der Waals surface area (Å²) >= 11 is 0. The fourth-order valence-corrected chi connectivity index (χ4v) is 2.44. The molecule has 2 rings (SSSR count). The van der Waals surface area contributed by atoms with Crippen molar-refractivity contribution in [1.82, 2.24) is 4.98 Å². The number of anilines is 1. The van der Waals surface area contributed by atoms with Crippen LogP contribution in [0.15, 0.2) is 18.3 Å². The number of rotatable bonds is 4. The monoisotopic (exact) mass is 250 g/mol. The van der Waals surface area contributed by atoms with Crippen molar-refractivity contribution in [3.05, 3.63) is 24.0 Å². The molecular weight excluding hydrogens is 228 g/mol. The number of nitrogens with zero attached hydrogens (tertiary/aromatic N) is 2. The van der Waals surface area contributed by atoms with Crippen molar-refractivity contribution < 1.29 is 10.2 Å². The molecule has 0 spiro atoms. The highest BCUT2D eigenvalue weighted by Crippen LogP contribution is 2.23. The van der Waals surface area contributed by atoms with Crippen LogP contribution in [0.3, 0.4) is 0 Å². The highest BCUT2D eigenvalue weighted by molar-refractivity contribution is 5.45. The molecule has 1 unspecified atom stereocenters. The Kier molecular flexibility index (Phi) is 4.55. The largest absolute Gasteiger partial charge is 0.396 e. The van der Waals surface area contributed by atoms with Crippen molar-refractivity contribution in [2.75, 3.05) is 24.6 Å². The zero-order chi connectivity index (χ0) is 13.0. The van der Waals surface area contributed by atoms with Gasteiger partial charge in [-0.3, -0.25) is 4.98 Å². The van der Waals surface area contributed by atoms with Crippen LogP contribution in [-0.4, -0.2) is 34.9 Å². The average Bonchev–Trinajstić information content (AvgIpc) is 2.46. The SMILES string of the molecule is CC[C@@H](O)c1ccc(N2CCCC(CO)C2)cn1. The van der Waals surface area contributed by atoms with Gasteiger partial charge in [0.25, 0.3) is 0 Å². The molecule has 4 heteroatoms. The molecule has 2 heterocycles. The summed E-state index contributed by atoms with van der Waals surface area (Å²) in [6, 6.07) is 3.91. The fraction of sp³-hybridized carbons (Fsp3) is 0.643. The molecule has 0 saturated carbocycles. The van der Waals surface area contributed by atoms with Crippen molar-refractivity contribution in [1.29, 1.82) is 0 Å². The van der Waals surface area contributed by atoms with Crippen molar-refractivity contribution in [3.63, 3.8) is 0 Å². The van der Waals surface area contributed by atoms with Gasteiger partial charge in [0.15, 0.2) is 0 Å². The van der Waals surface area contributed by atoms with Crippen LogP contribution in [0.2, 0.25) is 0 Å². The molecular formula is C14H22N2O2. The summed E-state index contributed by atoms with van der Waals surface area (Å²) in [4.78, 5) is 6.58. The van der Waals surface area contributed by atoms with E-state index in [0.717, 1.165) is 37.3 Å². The first-order valence-electron chi connectivity index (χ1n) is 6.74.